The molecular formula is C28H26N6O4S. The zero-order valence-electron chi connectivity index (χ0n) is 21.5. The van der Waals surface area contributed by atoms with Gasteiger partial charge in [0.15, 0.2) is 0 Å². The van der Waals surface area contributed by atoms with Crippen molar-refractivity contribution in [3.63, 3.8) is 0 Å². The molecular weight excluding hydrogens is 516 g/mol. The zero-order valence-corrected chi connectivity index (χ0v) is 22.4. The van der Waals surface area contributed by atoms with Crippen LogP contribution in [0.5, 0.6) is 5.75 Å². The molecule has 10 nitrogen and oxygen atoms in total. The van der Waals surface area contributed by atoms with Gasteiger partial charge in [0.2, 0.25) is 11.1 Å². The van der Waals surface area contributed by atoms with Gasteiger partial charge in [0.1, 0.15) is 11.8 Å². The second-order valence-corrected chi connectivity index (χ2v) is 9.93. The number of hydrogen-bond donors (Lipinski definition) is 2. The highest BCUT2D eigenvalue weighted by atomic mass is 32.2. The maximum absolute atomic E-state index is 13.7. The summed E-state index contributed by atoms with van der Waals surface area (Å²) in [6.45, 7) is 3.79. The number of benzene rings is 3. The van der Waals surface area contributed by atoms with Crippen molar-refractivity contribution in [2.24, 2.45) is 0 Å². The predicted molar refractivity (Wildman–Crippen MR) is 150 cm³/mol. The van der Waals surface area contributed by atoms with Crippen LogP contribution in [0.25, 0.3) is 0 Å². The van der Waals surface area contributed by atoms with Crippen LogP contribution < -0.4 is 15.4 Å². The number of nitrogens with one attached hydrogen (secondary N) is 2. The van der Waals surface area contributed by atoms with Gasteiger partial charge in [0.25, 0.3) is 11.6 Å². The molecule has 1 unspecified atom stereocenters. The largest absolute Gasteiger partial charge is 0.497 e. The van der Waals surface area contributed by atoms with Crippen LogP contribution in [0.15, 0.2) is 89.2 Å². The molecule has 2 heterocycles. The second kappa shape index (κ2) is 11.0. The van der Waals surface area contributed by atoms with Crippen LogP contribution in [0.1, 0.15) is 29.7 Å². The van der Waals surface area contributed by atoms with Gasteiger partial charge in [0.05, 0.1) is 17.6 Å². The minimum atomic E-state index is -0.554. The number of amides is 1. The molecule has 1 atom stereocenters. The molecule has 198 valence electrons. The second-order valence-electron chi connectivity index (χ2n) is 8.99. The molecule has 1 aliphatic rings. The lowest BCUT2D eigenvalue weighted by atomic mass is 9.94. The smallest absolute Gasteiger partial charge is 0.269 e. The van der Waals surface area contributed by atoms with Gasteiger partial charge < -0.3 is 15.4 Å². The lowest BCUT2D eigenvalue weighted by molar-refractivity contribution is -0.384. The SMILES string of the molecule is COc1cccc(C2C(C(=O)Nc3ccccc3C)=C(C)Nc3nc(SCc4ccc([N+](=O)[O-])cc4)nn32)c1. The number of hydrogen-bond acceptors (Lipinski definition) is 8. The number of nitrogens with zero attached hydrogens (tertiary/aromatic N) is 4. The Kier molecular flexibility index (Phi) is 7.33. The van der Waals surface area contributed by atoms with Crippen molar-refractivity contribution in [2.45, 2.75) is 30.8 Å². The first-order valence-corrected chi connectivity index (χ1v) is 13.1. The first-order valence-electron chi connectivity index (χ1n) is 12.2. The number of allylic oxidation sites excluding steroid dienone is 1. The Balaban J connectivity index is 1.47. The number of anilines is 2. The third-order valence-corrected chi connectivity index (χ3v) is 7.30. The minimum Gasteiger partial charge on any atom is -0.497 e. The van der Waals surface area contributed by atoms with E-state index in [4.69, 9.17) is 9.84 Å². The van der Waals surface area contributed by atoms with Gasteiger partial charge in [0, 0.05) is 29.3 Å². The molecule has 0 fully saturated rings. The highest BCUT2D eigenvalue weighted by Gasteiger charge is 2.34. The van der Waals surface area contributed by atoms with Crippen LogP contribution >= 0.6 is 11.8 Å². The number of nitro groups is 1. The Morgan fingerprint density at radius 1 is 1.13 bits per heavy atom. The number of thioether (sulfide) groups is 1. The van der Waals surface area contributed by atoms with Gasteiger partial charge in [-0.05, 0) is 48.7 Å². The number of methoxy groups -OCH3 is 1. The van der Waals surface area contributed by atoms with Gasteiger partial charge in [-0.15, -0.1) is 5.10 Å². The fraction of sp³-hybridized carbons (Fsp3) is 0.179. The number of carbonyl (C=O) groups excluding carboxylic acids is 1. The minimum absolute atomic E-state index is 0.0442. The predicted octanol–water partition coefficient (Wildman–Crippen LogP) is 5.72. The number of fused-ring (bicyclic) bond motifs is 1. The Labute approximate surface area is 229 Å². The van der Waals surface area contributed by atoms with Crippen molar-refractivity contribution in [2.75, 3.05) is 17.7 Å². The molecule has 0 saturated carbocycles. The fourth-order valence-corrected chi connectivity index (χ4v) is 5.16. The number of aromatic nitrogens is 3. The summed E-state index contributed by atoms with van der Waals surface area (Å²) in [6, 6.07) is 21.0. The van der Waals surface area contributed by atoms with E-state index in [9.17, 15) is 14.9 Å². The standard InChI is InChI=1S/C28H26N6O4S/c1-17-7-4-5-10-23(17)30-26(35)24-18(2)29-27-31-28(39-16-19-11-13-21(14-12-19)34(36)37)32-33(27)25(24)20-8-6-9-22(15-20)38-3/h4-15,25H,16H2,1-3H3,(H,30,35)(H,29,31,32). The van der Waals surface area contributed by atoms with Crippen LogP contribution in [0.3, 0.4) is 0 Å². The van der Waals surface area contributed by atoms with E-state index in [0.717, 1.165) is 22.4 Å². The Morgan fingerprint density at radius 3 is 2.62 bits per heavy atom. The molecule has 1 amide bonds. The van der Waals surface area contributed by atoms with E-state index < -0.39 is 11.0 Å². The highest BCUT2D eigenvalue weighted by molar-refractivity contribution is 7.98. The van der Waals surface area contributed by atoms with E-state index in [1.807, 2.05) is 62.4 Å². The van der Waals surface area contributed by atoms with Crippen molar-refractivity contribution in [1.29, 1.82) is 0 Å². The van der Waals surface area contributed by atoms with E-state index in [2.05, 4.69) is 15.6 Å². The van der Waals surface area contributed by atoms with Crippen molar-refractivity contribution in [1.82, 2.24) is 14.8 Å². The summed E-state index contributed by atoms with van der Waals surface area (Å²) in [5.74, 6) is 1.46. The molecule has 2 N–H and O–H groups in total. The van der Waals surface area contributed by atoms with Gasteiger partial charge in [-0.25, -0.2) is 4.68 Å². The van der Waals surface area contributed by atoms with Gasteiger partial charge in [-0.1, -0.05) is 54.2 Å². The van der Waals surface area contributed by atoms with Crippen LogP contribution in [-0.4, -0.2) is 32.7 Å². The molecule has 39 heavy (non-hydrogen) atoms. The lowest BCUT2D eigenvalue weighted by Gasteiger charge is -2.29. The molecule has 3 aromatic carbocycles. The van der Waals surface area contributed by atoms with Crippen LogP contribution in [0.4, 0.5) is 17.3 Å². The van der Waals surface area contributed by atoms with Gasteiger partial charge >= 0.3 is 0 Å². The number of para-hydroxylation sites is 1. The zero-order chi connectivity index (χ0) is 27.5. The summed E-state index contributed by atoms with van der Waals surface area (Å²) in [5, 5.41) is 22.5. The molecule has 1 aromatic heterocycles. The summed E-state index contributed by atoms with van der Waals surface area (Å²) < 4.78 is 7.17. The maximum atomic E-state index is 13.7. The van der Waals surface area contributed by atoms with Crippen molar-refractivity contribution in [3.05, 3.63) is 111 Å². The van der Waals surface area contributed by atoms with E-state index in [0.29, 0.717) is 33.9 Å². The summed E-state index contributed by atoms with van der Waals surface area (Å²) in [6.07, 6.45) is 0. The quantitative estimate of drug-likeness (QED) is 0.165. The molecule has 1 aliphatic heterocycles. The van der Waals surface area contributed by atoms with Crippen LogP contribution in [0.2, 0.25) is 0 Å². The molecule has 4 aromatic rings. The topological polar surface area (TPSA) is 124 Å². The number of nitro benzene ring substituents is 1. The monoisotopic (exact) mass is 542 g/mol. The average molecular weight is 543 g/mol. The number of aryl methyl sites for hydroxylation is 1. The number of rotatable bonds is 8. The molecule has 0 bridgehead atoms. The fourth-order valence-electron chi connectivity index (χ4n) is 4.37. The molecule has 5 rings (SSSR count). The summed E-state index contributed by atoms with van der Waals surface area (Å²) in [4.78, 5) is 28.9. The maximum Gasteiger partial charge on any atom is 0.269 e. The summed E-state index contributed by atoms with van der Waals surface area (Å²) in [7, 11) is 1.60. The van der Waals surface area contributed by atoms with E-state index in [1.165, 1.54) is 23.9 Å². The summed E-state index contributed by atoms with van der Waals surface area (Å²) in [5.41, 5.74) is 4.64. The molecule has 0 aliphatic carbocycles. The highest BCUT2D eigenvalue weighted by Crippen LogP contribution is 2.38. The van der Waals surface area contributed by atoms with E-state index >= 15 is 0 Å². The van der Waals surface area contributed by atoms with Crippen molar-refractivity contribution < 1.29 is 14.5 Å². The molecule has 0 saturated heterocycles. The third kappa shape index (κ3) is 5.48. The van der Waals surface area contributed by atoms with Gasteiger partial charge in [-0.2, -0.15) is 4.98 Å². The Morgan fingerprint density at radius 2 is 1.90 bits per heavy atom. The Bertz CT molecular complexity index is 1580. The van der Waals surface area contributed by atoms with E-state index in [-0.39, 0.29) is 11.6 Å². The van der Waals surface area contributed by atoms with Gasteiger partial charge in [-0.3, -0.25) is 14.9 Å². The third-order valence-electron chi connectivity index (χ3n) is 6.40. The summed E-state index contributed by atoms with van der Waals surface area (Å²) >= 11 is 1.40. The normalized spacial score (nSPS) is 14.4. The average Bonchev–Trinajstić information content (AvgIpc) is 3.34. The molecule has 0 spiro atoms. The number of non-ortho nitro benzene ring substituents is 1. The van der Waals surface area contributed by atoms with Crippen LogP contribution in [-0.2, 0) is 10.5 Å². The first kappa shape index (κ1) is 26.0. The number of ether oxygens (including phenoxy) is 1. The molecule has 11 heteroatoms. The Hall–Kier alpha value is -4.64. The molecule has 0 radical (unpaired) electrons. The van der Waals surface area contributed by atoms with Crippen molar-refractivity contribution >= 4 is 35.0 Å². The first-order chi connectivity index (χ1) is 18.8. The lowest BCUT2D eigenvalue weighted by Crippen LogP contribution is -2.31. The van der Waals surface area contributed by atoms with E-state index in [1.54, 1.807) is 23.9 Å². The van der Waals surface area contributed by atoms with Crippen molar-refractivity contribution in [3.8, 4) is 5.75 Å². The number of carbonyl (C=O) groups is 1. The van der Waals surface area contributed by atoms with Crippen LogP contribution in [0, 0.1) is 17.0 Å².